The first kappa shape index (κ1) is 17.7. The molecule has 0 aromatic carbocycles. The fourth-order valence-electron chi connectivity index (χ4n) is 5.26. The van der Waals surface area contributed by atoms with Crippen LogP contribution in [0.4, 0.5) is 0 Å². The molecule has 3 atom stereocenters. The molecule has 0 aromatic heterocycles. The fourth-order valence-corrected chi connectivity index (χ4v) is 5.26. The Hall–Kier alpha value is -0.650. The maximum atomic E-state index is 11.1. The standard InChI is InChI=1S/C20H34N2O3/c1-14-10-18(14)21-17-11-20(25-13-17)6-8-22(9-7-20)12-15-2-4-16(5-3-15)19(23)24/h14-18,21H,2-13H2,1H3,(H,23,24)/t14-,15?,16?,17?,18-/m1/s1. The average Bonchev–Trinajstić information content (AvgIpc) is 3.15. The second-order valence-corrected chi connectivity index (χ2v) is 9.24. The van der Waals surface area contributed by atoms with E-state index in [1.165, 1.54) is 12.8 Å². The lowest BCUT2D eigenvalue weighted by Gasteiger charge is -2.40. The summed E-state index contributed by atoms with van der Waals surface area (Å²) in [6.45, 7) is 6.66. The summed E-state index contributed by atoms with van der Waals surface area (Å²) in [7, 11) is 0. The van der Waals surface area contributed by atoms with Crippen LogP contribution >= 0.6 is 0 Å². The molecular formula is C20H34N2O3. The number of carboxylic acids is 1. The third kappa shape index (κ3) is 4.20. The molecular weight excluding hydrogens is 316 g/mol. The molecule has 2 N–H and O–H groups in total. The van der Waals surface area contributed by atoms with E-state index in [1.54, 1.807) is 0 Å². The molecule has 0 aromatic rings. The van der Waals surface area contributed by atoms with Crippen LogP contribution in [-0.4, -0.2) is 59.9 Å². The third-order valence-corrected chi connectivity index (χ3v) is 7.25. The Morgan fingerprint density at radius 3 is 2.52 bits per heavy atom. The highest BCUT2D eigenvalue weighted by Gasteiger charge is 2.45. The van der Waals surface area contributed by atoms with Gasteiger partial charge in [-0.15, -0.1) is 0 Å². The average molecular weight is 351 g/mol. The molecule has 2 saturated carbocycles. The van der Waals surface area contributed by atoms with Crippen LogP contribution in [0.25, 0.3) is 0 Å². The van der Waals surface area contributed by atoms with Crippen molar-refractivity contribution in [2.24, 2.45) is 17.8 Å². The van der Waals surface area contributed by atoms with Crippen molar-refractivity contribution in [2.75, 3.05) is 26.2 Å². The highest BCUT2D eigenvalue weighted by Crippen LogP contribution is 2.39. The Morgan fingerprint density at radius 2 is 1.92 bits per heavy atom. The number of nitrogens with zero attached hydrogens (tertiary/aromatic N) is 1. The summed E-state index contributed by atoms with van der Waals surface area (Å²) < 4.78 is 6.28. The summed E-state index contributed by atoms with van der Waals surface area (Å²) in [5.41, 5.74) is 0.132. The molecule has 0 radical (unpaired) electrons. The Labute approximate surface area is 151 Å². The molecule has 4 aliphatic rings. The van der Waals surface area contributed by atoms with Crippen molar-refractivity contribution in [2.45, 2.75) is 76.0 Å². The zero-order valence-electron chi connectivity index (χ0n) is 15.6. The number of likely N-dealkylation sites (tertiary alicyclic amines) is 1. The smallest absolute Gasteiger partial charge is 0.306 e. The molecule has 25 heavy (non-hydrogen) atoms. The van der Waals surface area contributed by atoms with Crippen molar-refractivity contribution in [3.05, 3.63) is 0 Å². The largest absolute Gasteiger partial charge is 0.481 e. The summed E-state index contributed by atoms with van der Waals surface area (Å²) in [5.74, 6) is 0.862. The summed E-state index contributed by atoms with van der Waals surface area (Å²) in [4.78, 5) is 13.7. The maximum absolute atomic E-state index is 11.1. The number of piperidine rings is 1. The van der Waals surface area contributed by atoms with Gasteiger partial charge in [0.1, 0.15) is 0 Å². The predicted octanol–water partition coefficient (Wildman–Crippen LogP) is 2.50. The van der Waals surface area contributed by atoms with Gasteiger partial charge >= 0.3 is 5.97 Å². The van der Waals surface area contributed by atoms with Crippen LogP contribution in [0.5, 0.6) is 0 Å². The second kappa shape index (κ2) is 7.16. The number of rotatable bonds is 5. The Morgan fingerprint density at radius 1 is 1.24 bits per heavy atom. The Bertz CT molecular complexity index is 481. The van der Waals surface area contributed by atoms with Crippen LogP contribution in [0, 0.1) is 17.8 Å². The van der Waals surface area contributed by atoms with E-state index in [-0.39, 0.29) is 11.5 Å². The molecule has 2 saturated heterocycles. The zero-order valence-corrected chi connectivity index (χ0v) is 15.6. The number of ether oxygens (including phenoxy) is 1. The number of nitrogens with one attached hydrogen (secondary N) is 1. The Kier molecular flexibility index (Phi) is 5.09. The molecule has 5 heteroatoms. The molecule has 4 rings (SSSR count). The van der Waals surface area contributed by atoms with Gasteiger partial charge in [0.25, 0.3) is 0 Å². The molecule has 0 amide bonds. The molecule has 2 aliphatic carbocycles. The molecule has 0 bridgehead atoms. The minimum absolute atomic E-state index is 0.0913. The number of carboxylic acid groups (broad SMARTS) is 1. The molecule has 5 nitrogen and oxygen atoms in total. The SMILES string of the molecule is C[C@@H]1C[C@H]1NC1COC2(CCN(CC3CCC(C(=O)O)CC3)CC2)C1. The lowest BCUT2D eigenvalue weighted by Crippen LogP contribution is -2.46. The molecule has 1 unspecified atom stereocenters. The Balaban J connectivity index is 1.18. The van der Waals surface area contributed by atoms with Gasteiger partial charge in [-0.05, 0) is 63.2 Å². The first-order valence-corrected chi connectivity index (χ1v) is 10.4. The van der Waals surface area contributed by atoms with E-state index >= 15 is 0 Å². The topological polar surface area (TPSA) is 61.8 Å². The minimum Gasteiger partial charge on any atom is -0.481 e. The van der Waals surface area contributed by atoms with Gasteiger partial charge in [0.05, 0.1) is 18.1 Å². The van der Waals surface area contributed by atoms with Gasteiger partial charge < -0.3 is 20.1 Å². The van der Waals surface area contributed by atoms with Crippen LogP contribution in [0.1, 0.15) is 58.3 Å². The van der Waals surface area contributed by atoms with Gasteiger partial charge in [0.15, 0.2) is 0 Å². The van der Waals surface area contributed by atoms with Crippen LogP contribution in [-0.2, 0) is 9.53 Å². The van der Waals surface area contributed by atoms with Crippen LogP contribution in [0.15, 0.2) is 0 Å². The van der Waals surface area contributed by atoms with Crippen molar-refractivity contribution < 1.29 is 14.6 Å². The van der Waals surface area contributed by atoms with Crippen LogP contribution in [0.3, 0.4) is 0 Å². The van der Waals surface area contributed by atoms with Crippen LogP contribution in [0.2, 0.25) is 0 Å². The molecule has 2 heterocycles. The van der Waals surface area contributed by atoms with Crippen molar-refractivity contribution in [3.8, 4) is 0 Å². The van der Waals surface area contributed by atoms with Gasteiger partial charge in [-0.2, -0.15) is 0 Å². The van der Waals surface area contributed by atoms with E-state index in [0.29, 0.717) is 12.0 Å². The van der Waals surface area contributed by atoms with E-state index in [9.17, 15) is 4.79 Å². The van der Waals surface area contributed by atoms with Gasteiger partial charge in [0.2, 0.25) is 0 Å². The number of hydrogen-bond donors (Lipinski definition) is 2. The predicted molar refractivity (Wildman–Crippen MR) is 96.6 cm³/mol. The number of aliphatic carboxylic acids is 1. The van der Waals surface area contributed by atoms with E-state index in [4.69, 9.17) is 9.84 Å². The summed E-state index contributed by atoms with van der Waals surface area (Å²) in [6.07, 6.45) is 8.75. The summed E-state index contributed by atoms with van der Waals surface area (Å²) in [5, 5.41) is 12.9. The molecule has 2 aliphatic heterocycles. The van der Waals surface area contributed by atoms with E-state index in [1.807, 2.05) is 0 Å². The monoisotopic (exact) mass is 350 g/mol. The van der Waals surface area contributed by atoms with E-state index in [0.717, 1.165) is 76.7 Å². The number of hydrogen-bond acceptors (Lipinski definition) is 4. The maximum Gasteiger partial charge on any atom is 0.306 e. The summed E-state index contributed by atoms with van der Waals surface area (Å²) in [6, 6.07) is 1.30. The zero-order chi connectivity index (χ0) is 17.4. The first-order chi connectivity index (χ1) is 12.0. The van der Waals surface area contributed by atoms with Crippen molar-refractivity contribution in [1.29, 1.82) is 0 Å². The molecule has 1 spiro atoms. The van der Waals surface area contributed by atoms with E-state index < -0.39 is 5.97 Å². The normalized spacial score (nSPS) is 41.1. The van der Waals surface area contributed by atoms with Crippen LogP contribution < -0.4 is 5.32 Å². The lowest BCUT2D eigenvalue weighted by molar-refractivity contribution is -0.143. The third-order valence-electron chi connectivity index (χ3n) is 7.25. The second-order valence-electron chi connectivity index (χ2n) is 9.24. The quantitative estimate of drug-likeness (QED) is 0.798. The van der Waals surface area contributed by atoms with Crippen molar-refractivity contribution in [3.63, 3.8) is 0 Å². The molecule has 4 fully saturated rings. The number of carbonyl (C=O) groups is 1. The van der Waals surface area contributed by atoms with Crippen molar-refractivity contribution in [1.82, 2.24) is 10.2 Å². The van der Waals surface area contributed by atoms with Crippen molar-refractivity contribution >= 4 is 5.97 Å². The van der Waals surface area contributed by atoms with Gasteiger partial charge in [-0.25, -0.2) is 0 Å². The van der Waals surface area contributed by atoms with Gasteiger partial charge in [-0.1, -0.05) is 6.92 Å². The van der Waals surface area contributed by atoms with Gasteiger partial charge in [-0.3, -0.25) is 4.79 Å². The first-order valence-electron chi connectivity index (χ1n) is 10.4. The highest BCUT2D eigenvalue weighted by atomic mass is 16.5. The summed E-state index contributed by atoms with van der Waals surface area (Å²) >= 11 is 0. The van der Waals surface area contributed by atoms with Gasteiger partial charge in [0, 0.05) is 31.7 Å². The fraction of sp³-hybridized carbons (Fsp3) is 0.950. The highest BCUT2D eigenvalue weighted by molar-refractivity contribution is 5.69. The minimum atomic E-state index is -0.597. The van der Waals surface area contributed by atoms with E-state index in [2.05, 4.69) is 17.1 Å². The molecule has 142 valence electrons. The lowest BCUT2D eigenvalue weighted by atomic mass is 9.81.